The number of nitrogens with one attached hydrogen (secondary N) is 1. The first-order valence-corrected chi connectivity index (χ1v) is 9.94. The summed E-state index contributed by atoms with van der Waals surface area (Å²) >= 11 is 0. The van der Waals surface area contributed by atoms with Gasteiger partial charge in [-0.2, -0.15) is 4.31 Å². The number of nitrogens with zero attached hydrogens (tertiary/aromatic N) is 2. The van der Waals surface area contributed by atoms with Gasteiger partial charge in [0.25, 0.3) is 0 Å². The molecule has 1 saturated heterocycles. The van der Waals surface area contributed by atoms with Crippen molar-refractivity contribution in [1.29, 1.82) is 0 Å². The molecule has 0 bridgehead atoms. The highest BCUT2D eigenvalue weighted by Crippen LogP contribution is 2.20. The molecule has 1 amide bonds. The summed E-state index contributed by atoms with van der Waals surface area (Å²) in [5.41, 5.74) is -0.386. The van der Waals surface area contributed by atoms with E-state index in [1.807, 2.05) is 0 Å². The van der Waals surface area contributed by atoms with E-state index < -0.39 is 33.4 Å². The first-order chi connectivity index (χ1) is 13.3. The molecule has 0 aromatic heterocycles. The number of carbonyl (C=O) groups is 1. The van der Waals surface area contributed by atoms with Crippen molar-refractivity contribution in [2.24, 2.45) is 0 Å². The van der Waals surface area contributed by atoms with Crippen LogP contribution in [-0.4, -0.2) is 56.3 Å². The topological polar surface area (TPSA) is 69.7 Å². The molecule has 1 N–H and O–H groups in total. The third-order valence-corrected chi connectivity index (χ3v) is 6.30. The van der Waals surface area contributed by atoms with Crippen LogP contribution in [0.4, 0.5) is 18.9 Å². The predicted molar refractivity (Wildman–Crippen MR) is 96.6 cm³/mol. The van der Waals surface area contributed by atoms with Crippen LogP contribution in [0, 0.1) is 17.5 Å². The van der Waals surface area contributed by atoms with Gasteiger partial charge in [0.05, 0.1) is 11.4 Å². The van der Waals surface area contributed by atoms with E-state index in [-0.39, 0.29) is 43.3 Å². The van der Waals surface area contributed by atoms with Crippen LogP contribution in [0.3, 0.4) is 0 Å². The zero-order chi connectivity index (χ0) is 20.3. The minimum Gasteiger partial charge on any atom is -0.371 e. The maximum absolute atomic E-state index is 13.6. The van der Waals surface area contributed by atoms with Gasteiger partial charge in [-0.05, 0) is 30.3 Å². The lowest BCUT2D eigenvalue weighted by molar-refractivity contribution is -0.130. The third-order valence-electron chi connectivity index (χ3n) is 4.40. The molecule has 1 heterocycles. The summed E-state index contributed by atoms with van der Waals surface area (Å²) in [6.07, 6.45) is 0. The van der Waals surface area contributed by atoms with Gasteiger partial charge in [0.1, 0.15) is 23.1 Å². The number of amides is 1. The van der Waals surface area contributed by atoms with Crippen LogP contribution in [0.25, 0.3) is 0 Å². The molecule has 3 rings (SSSR count). The standard InChI is InChI=1S/C18H18F3N3O3S/c19-13-3-1-4-14(11-13)28(26,27)24-9-7-23(8-10-24)17(25)12-22-18-15(20)5-2-6-16(18)21/h1-6,11,22H,7-10,12H2. The lowest BCUT2D eigenvalue weighted by Crippen LogP contribution is -2.51. The van der Waals surface area contributed by atoms with E-state index in [0.29, 0.717) is 0 Å². The first kappa shape index (κ1) is 20.2. The van der Waals surface area contributed by atoms with Crippen molar-refractivity contribution < 1.29 is 26.4 Å². The summed E-state index contributed by atoms with van der Waals surface area (Å²) in [7, 11) is -3.86. The lowest BCUT2D eigenvalue weighted by atomic mass is 10.3. The van der Waals surface area contributed by atoms with Crippen molar-refractivity contribution in [1.82, 2.24) is 9.21 Å². The molecule has 6 nitrogen and oxygen atoms in total. The van der Waals surface area contributed by atoms with Crippen LogP contribution in [0.2, 0.25) is 0 Å². The maximum atomic E-state index is 13.6. The van der Waals surface area contributed by atoms with Crippen LogP contribution in [0.1, 0.15) is 0 Å². The van der Waals surface area contributed by atoms with Gasteiger partial charge in [0.15, 0.2) is 0 Å². The summed E-state index contributed by atoms with van der Waals surface area (Å²) in [6, 6.07) is 8.09. The van der Waals surface area contributed by atoms with Gasteiger partial charge in [-0.15, -0.1) is 0 Å². The molecule has 28 heavy (non-hydrogen) atoms. The third kappa shape index (κ3) is 4.28. The Morgan fingerprint density at radius 3 is 2.18 bits per heavy atom. The van der Waals surface area contributed by atoms with Crippen molar-refractivity contribution in [3.05, 3.63) is 59.9 Å². The fourth-order valence-corrected chi connectivity index (χ4v) is 4.35. The Bertz CT molecular complexity index is 957. The molecule has 10 heteroatoms. The van der Waals surface area contributed by atoms with Gasteiger partial charge in [-0.25, -0.2) is 21.6 Å². The van der Waals surface area contributed by atoms with Crippen molar-refractivity contribution in [3.8, 4) is 0 Å². The molecular formula is C18H18F3N3O3S. The minimum atomic E-state index is -3.86. The number of piperazine rings is 1. The van der Waals surface area contributed by atoms with Crippen molar-refractivity contribution in [3.63, 3.8) is 0 Å². The molecule has 1 aliphatic heterocycles. The fraction of sp³-hybridized carbons (Fsp3) is 0.278. The summed E-state index contributed by atoms with van der Waals surface area (Å²) in [5.74, 6) is -2.68. The SMILES string of the molecule is O=C(CNc1c(F)cccc1F)N1CCN(S(=O)(=O)c2cccc(F)c2)CC1. The van der Waals surface area contributed by atoms with Crippen LogP contribution in [0.5, 0.6) is 0 Å². The van der Waals surface area contributed by atoms with Crippen LogP contribution in [0.15, 0.2) is 47.4 Å². The molecule has 0 radical (unpaired) electrons. The van der Waals surface area contributed by atoms with Gasteiger partial charge < -0.3 is 10.2 Å². The molecule has 2 aromatic carbocycles. The van der Waals surface area contributed by atoms with Crippen molar-refractivity contribution in [2.45, 2.75) is 4.90 Å². The molecular weight excluding hydrogens is 395 g/mol. The van der Waals surface area contributed by atoms with E-state index in [4.69, 9.17) is 0 Å². The molecule has 1 aliphatic rings. The highest BCUT2D eigenvalue weighted by atomic mass is 32.2. The molecule has 0 unspecified atom stereocenters. The van der Waals surface area contributed by atoms with Gasteiger partial charge in [0, 0.05) is 26.2 Å². The zero-order valence-corrected chi connectivity index (χ0v) is 15.6. The van der Waals surface area contributed by atoms with Gasteiger partial charge in [-0.3, -0.25) is 4.79 Å². The molecule has 0 aliphatic carbocycles. The second kappa shape index (κ2) is 8.19. The average molecular weight is 413 g/mol. The number of halogens is 3. The molecule has 0 spiro atoms. The monoisotopic (exact) mass is 413 g/mol. The zero-order valence-electron chi connectivity index (χ0n) is 14.7. The van der Waals surface area contributed by atoms with E-state index in [1.54, 1.807) is 0 Å². The highest BCUT2D eigenvalue weighted by Gasteiger charge is 2.30. The Morgan fingerprint density at radius 1 is 0.964 bits per heavy atom. The smallest absolute Gasteiger partial charge is 0.243 e. The fourth-order valence-electron chi connectivity index (χ4n) is 2.90. The molecule has 0 saturated carbocycles. The minimum absolute atomic E-state index is 0.0403. The highest BCUT2D eigenvalue weighted by molar-refractivity contribution is 7.89. The molecule has 2 aromatic rings. The van der Waals surface area contributed by atoms with E-state index in [2.05, 4.69) is 5.32 Å². The van der Waals surface area contributed by atoms with Gasteiger partial charge in [-0.1, -0.05) is 12.1 Å². The number of hydrogen-bond donors (Lipinski definition) is 1. The molecule has 1 fully saturated rings. The van der Waals surface area contributed by atoms with Gasteiger partial charge in [0.2, 0.25) is 15.9 Å². The quantitative estimate of drug-likeness (QED) is 0.815. The maximum Gasteiger partial charge on any atom is 0.243 e. The Kier molecular flexibility index (Phi) is 5.90. The summed E-state index contributed by atoms with van der Waals surface area (Å²) in [6.45, 7) is -0.00455. The lowest BCUT2D eigenvalue weighted by Gasteiger charge is -2.34. The van der Waals surface area contributed by atoms with E-state index in [1.165, 1.54) is 27.4 Å². The number of carbonyl (C=O) groups excluding carboxylic acids is 1. The summed E-state index contributed by atoms with van der Waals surface area (Å²) in [5, 5.41) is 2.44. The number of hydrogen-bond acceptors (Lipinski definition) is 4. The van der Waals surface area contributed by atoms with Crippen molar-refractivity contribution in [2.75, 3.05) is 38.0 Å². The molecule has 0 atom stereocenters. The second-order valence-electron chi connectivity index (χ2n) is 6.19. The summed E-state index contributed by atoms with van der Waals surface area (Å²) < 4.78 is 66.8. The Labute approximate surface area is 160 Å². The summed E-state index contributed by atoms with van der Waals surface area (Å²) in [4.78, 5) is 13.5. The van der Waals surface area contributed by atoms with Crippen LogP contribution < -0.4 is 5.32 Å². The Morgan fingerprint density at radius 2 is 1.57 bits per heavy atom. The number of anilines is 1. The van der Waals surface area contributed by atoms with Crippen LogP contribution >= 0.6 is 0 Å². The first-order valence-electron chi connectivity index (χ1n) is 8.50. The number of benzene rings is 2. The van der Waals surface area contributed by atoms with Crippen molar-refractivity contribution >= 4 is 21.6 Å². The number of rotatable bonds is 5. The van der Waals surface area contributed by atoms with Gasteiger partial charge >= 0.3 is 0 Å². The van der Waals surface area contributed by atoms with E-state index in [0.717, 1.165) is 24.3 Å². The average Bonchev–Trinajstić information content (AvgIpc) is 2.67. The Hall–Kier alpha value is -2.59. The predicted octanol–water partition coefficient (Wildman–Crippen LogP) is 2.05. The van der Waals surface area contributed by atoms with E-state index in [9.17, 15) is 26.4 Å². The molecule has 150 valence electrons. The number of sulfonamides is 1. The number of para-hydroxylation sites is 1. The Balaban J connectivity index is 1.58. The van der Waals surface area contributed by atoms with Crippen LogP contribution in [-0.2, 0) is 14.8 Å². The largest absolute Gasteiger partial charge is 0.371 e. The normalized spacial score (nSPS) is 15.5. The van der Waals surface area contributed by atoms with E-state index >= 15 is 0 Å². The second-order valence-corrected chi connectivity index (χ2v) is 8.13.